The first-order valence-electron chi connectivity index (χ1n) is 39.7. The Balaban J connectivity index is 0.000000118. The van der Waals surface area contributed by atoms with Gasteiger partial charge in [0.1, 0.15) is 0 Å². The summed E-state index contributed by atoms with van der Waals surface area (Å²) in [6, 6.07) is 75.9. The largest absolute Gasteiger partial charge is 0.397 e. The number of fused-ring (bicyclic) bond motifs is 5. The maximum absolute atomic E-state index is 12.7. The van der Waals surface area contributed by atoms with Gasteiger partial charge in [-0.2, -0.15) is 36.0 Å². The summed E-state index contributed by atoms with van der Waals surface area (Å²) in [5.74, 6) is -1.50. The van der Waals surface area contributed by atoms with Gasteiger partial charge >= 0.3 is 0 Å². The molecule has 5 amide bonds. The zero-order valence-corrected chi connectivity index (χ0v) is 68.5. The predicted octanol–water partition coefficient (Wildman–Crippen LogP) is 17.3. The second-order valence-corrected chi connectivity index (χ2v) is 29.1. The van der Waals surface area contributed by atoms with Crippen molar-refractivity contribution in [3.63, 3.8) is 0 Å². The lowest BCUT2D eigenvalue weighted by Crippen LogP contribution is -2.13. The minimum absolute atomic E-state index is 0.264. The second kappa shape index (κ2) is 38.3. The van der Waals surface area contributed by atoms with Crippen molar-refractivity contribution in [1.29, 1.82) is 10.5 Å². The van der Waals surface area contributed by atoms with Crippen LogP contribution < -0.4 is 43.8 Å². The van der Waals surface area contributed by atoms with Crippen LogP contribution in [0.2, 0.25) is 0 Å². The van der Waals surface area contributed by atoms with Gasteiger partial charge in [0.05, 0.1) is 91.7 Å². The molecule has 16 N–H and O–H groups in total. The fourth-order valence-electron chi connectivity index (χ4n) is 13.6. The standard InChI is InChI=1S/C20H14N6O.C20H13N5O.C19H16N6O.2C19H15N5O/c21-9-12-1-4-16(5-2-12)24-20(27)19-17-8-13(3-6-18(17)25-26-19)14-7-15(22)11-23-10-14;21-11-13-3-6-16(7-4-13)23-20(26)19-17-10-14(5-8-18(17)24-25-19)15-2-1-9-22-12-15;1-11-2-4-15(10-22-11)23-19(26)18-16-7-12(3-5-17(16)24-25-18)13-6-14(20)9-21-8-13;1-12-4-6-15(11-21-12)22-19(25)18-16-9-13(5-7-17(16)23-24-18)14-3-2-8-20-10-14;20-14-8-13(10-21-11-14)12-6-7-17-16(9-12)18(24-23-17)19(25)22-15-4-2-1-3-5-15/h1-8,10-11H,22H2,(H,24,27)(H,25,26);1-10,12H,(H,23,26)(H,24,25);2-10H,20H2,1H3,(H,23,26)(H,24,25);2-11H,1H3,(H,22,25)(H,23,24);1-11H,20H2,(H,22,25)(H,23,24). The van der Waals surface area contributed by atoms with Crippen molar-refractivity contribution in [2.24, 2.45) is 0 Å². The van der Waals surface area contributed by atoms with Crippen molar-refractivity contribution in [3.8, 4) is 67.8 Å². The zero-order valence-electron chi connectivity index (χ0n) is 68.5. The van der Waals surface area contributed by atoms with Crippen molar-refractivity contribution in [3.05, 3.63) is 362 Å². The van der Waals surface area contributed by atoms with Crippen LogP contribution >= 0.6 is 0 Å². The van der Waals surface area contributed by atoms with E-state index in [0.29, 0.717) is 79.1 Å². The van der Waals surface area contributed by atoms with Crippen LogP contribution in [0.4, 0.5) is 45.5 Å². The molecule has 0 radical (unpaired) electrons. The average molecular weight is 1700 g/mol. The highest BCUT2D eigenvalue weighted by atomic mass is 16.2. The highest BCUT2D eigenvalue weighted by Gasteiger charge is 2.22. The van der Waals surface area contributed by atoms with E-state index in [1.54, 1.807) is 129 Å². The number of hydrogen-bond acceptors (Lipinski definition) is 22. The quantitative estimate of drug-likeness (QED) is 0.0453. The molecule has 0 aliphatic carbocycles. The SMILES string of the molecule is Cc1ccc(NC(=O)c2n[nH]c3ccc(-c4cccnc4)cc23)cn1.Cc1ccc(NC(=O)c2n[nH]c3ccc(-c4cncc(N)c4)cc23)cn1.N#Cc1ccc(NC(=O)c2n[nH]c3ccc(-c4cccnc4)cc23)cc1.N#Cc1ccc(NC(=O)c2n[nH]c3ccc(-c4cncc(N)c4)cc23)cc1.Nc1cncc(-c2ccc3[nH]nc(C(=O)Nc4ccccc4)c3c2)c1. The number of carbonyl (C=O) groups is 5. The van der Waals surface area contributed by atoms with Crippen molar-refractivity contribution >= 4 is 130 Å². The van der Waals surface area contributed by atoms with Crippen molar-refractivity contribution in [1.82, 2.24) is 85.9 Å². The molecule has 0 aliphatic heterocycles. The molecule has 32 heteroatoms. The molecular weight excluding hydrogens is 1620 g/mol. The molecule has 0 unspecified atom stereocenters. The number of nitrogens with two attached hydrogens (primary N) is 3. The number of pyridine rings is 7. The first kappa shape index (κ1) is 83.5. The van der Waals surface area contributed by atoms with Crippen LogP contribution in [0.25, 0.3) is 110 Å². The molecule has 0 atom stereocenters. The minimum Gasteiger partial charge on any atom is -0.397 e. The van der Waals surface area contributed by atoms with E-state index in [2.05, 4.69) is 112 Å². The fraction of sp³-hybridized carbons (Fsp3) is 0.0206. The molecule has 0 aliphatic rings. The lowest BCUT2D eigenvalue weighted by Gasteiger charge is -2.05. The van der Waals surface area contributed by atoms with Gasteiger partial charge in [0.2, 0.25) is 0 Å². The molecule has 32 nitrogen and oxygen atoms in total. The summed E-state index contributed by atoms with van der Waals surface area (Å²) in [6.07, 6.45) is 20.2. The fourth-order valence-corrected chi connectivity index (χ4v) is 13.6. The normalized spacial score (nSPS) is 10.6. The number of rotatable bonds is 15. The Morgan fingerprint density at radius 2 is 0.543 bits per heavy atom. The molecule has 12 heterocycles. The van der Waals surface area contributed by atoms with Crippen molar-refractivity contribution < 1.29 is 24.0 Å². The van der Waals surface area contributed by atoms with Gasteiger partial charge in [-0.1, -0.05) is 60.7 Å². The van der Waals surface area contributed by atoms with E-state index in [0.717, 1.165) is 122 Å². The second-order valence-electron chi connectivity index (χ2n) is 29.1. The highest BCUT2D eigenvalue weighted by Crippen LogP contribution is 2.33. The summed E-state index contributed by atoms with van der Waals surface area (Å²) < 4.78 is 0. The number of benzene rings is 8. The number of anilines is 8. The third-order valence-corrected chi connectivity index (χ3v) is 20.1. The number of amides is 5. The summed E-state index contributed by atoms with van der Waals surface area (Å²) >= 11 is 0. The molecule has 8 aromatic carbocycles. The van der Waals surface area contributed by atoms with E-state index >= 15 is 0 Å². The van der Waals surface area contributed by atoms with E-state index < -0.39 is 0 Å². The summed E-state index contributed by atoms with van der Waals surface area (Å²) in [5.41, 5.74) is 39.9. The van der Waals surface area contributed by atoms with Crippen LogP contribution in [0.5, 0.6) is 0 Å². The molecule has 626 valence electrons. The Morgan fingerprint density at radius 3 is 0.806 bits per heavy atom. The van der Waals surface area contributed by atoms with Gasteiger partial charge in [-0.15, -0.1) is 0 Å². The lowest BCUT2D eigenvalue weighted by molar-refractivity contribution is 0.101. The number of nitrogens with zero attached hydrogens (tertiary/aromatic N) is 14. The molecule has 20 aromatic rings. The van der Waals surface area contributed by atoms with Crippen molar-refractivity contribution in [2.75, 3.05) is 43.8 Å². The van der Waals surface area contributed by atoms with Crippen LogP contribution in [0.15, 0.2) is 311 Å². The molecule has 0 spiro atoms. The Bertz CT molecular complexity index is 7600. The Morgan fingerprint density at radius 1 is 0.271 bits per heavy atom. The Hall–Kier alpha value is -19.1. The van der Waals surface area contributed by atoms with E-state index in [1.807, 2.05) is 208 Å². The van der Waals surface area contributed by atoms with Gasteiger partial charge in [0, 0.05) is 145 Å². The molecule has 0 saturated carbocycles. The number of hydrogen-bond donors (Lipinski definition) is 13. The van der Waals surface area contributed by atoms with Crippen LogP contribution in [0.3, 0.4) is 0 Å². The minimum atomic E-state index is -0.339. The van der Waals surface area contributed by atoms with Gasteiger partial charge in [-0.05, 0) is 218 Å². The average Bonchev–Trinajstić information content (AvgIpc) is 1.68. The molecule has 0 bridgehead atoms. The smallest absolute Gasteiger partial charge is 0.276 e. The maximum Gasteiger partial charge on any atom is 0.276 e. The van der Waals surface area contributed by atoms with Gasteiger partial charge in [-0.25, -0.2) is 0 Å². The van der Waals surface area contributed by atoms with E-state index in [4.69, 9.17) is 27.7 Å². The number of nitrogen functional groups attached to an aromatic ring is 3. The summed E-state index contributed by atoms with van der Waals surface area (Å²) in [5, 5.41) is 70.7. The van der Waals surface area contributed by atoms with Crippen molar-refractivity contribution in [2.45, 2.75) is 13.8 Å². The van der Waals surface area contributed by atoms with Crippen LogP contribution in [0.1, 0.15) is 75.0 Å². The summed E-state index contributed by atoms with van der Waals surface area (Å²) in [7, 11) is 0. The van der Waals surface area contributed by atoms with Crippen LogP contribution in [0, 0.1) is 36.5 Å². The zero-order chi connectivity index (χ0) is 89.3. The van der Waals surface area contributed by atoms with Gasteiger partial charge < -0.3 is 43.8 Å². The molecular formula is C97H73N27O5. The molecule has 0 saturated heterocycles. The lowest BCUT2D eigenvalue weighted by atomic mass is 10.0. The predicted molar refractivity (Wildman–Crippen MR) is 496 cm³/mol. The van der Waals surface area contributed by atoms with Gasteiger partial charge in [-0.3, -0.25) is 84.4 Å². The number of aromatic nitrogens is 17. The van der Waals surface area contributed by atoms with Crippen LogP contribution in [-0.2, 0) is 0 Å². The summed E-state index contributed by atoms with van der Waals surface area (Å²) in [6.45, 7) is 3.78. The maximum atomic E-state index is 12.7. The van der Waals surface area contributed by atoms with E-state index in [1.165, 1.54) is 0 Å². The number of carbonyl (C=O) groups excluding carboxylic acids is 5. The molecule has 0 fully saturated rings. The monoisotopic (exact) mass is 1700 g/mol. The first-order valence-corrected chi connectivity index (χ1v) is 39.7. The highest BCUT2D eigenvalue weighted by molar-refractivity contribution is 6.15. The number of para-hydroxylation sites is 1. The molecule has 20 rings (SSSR count). The molecule has 12 aromatic heterocycles. The number of nitriles is 2. The van der Waals surface area contributed by atoms with Gasteiger partial charge in [0.15, 0.2) is 28.5 Å². The molecule has 129 heavy (non-hydrogen) atoms. The number of aromatic amines is 5. The van der Waals surface area contributed by atoms with Crippen LogP contribution in [-0.4, -0.2) is 115 Å². The van der Waals surface area contributed by atoms with E-state index in [-0.39, 0.29) is 35.2 Å². The summed E-state index contributed by atoms with van der Waals surface area (Å²) in [4.78, 5) is 92.0. The Labute approximate surface area is 733 Å². The Kier molecular flexibility index (Phi) is 24.8. The third-order valence-electron chi connectivity index (χ3n) is 20.1. The topological polar surface area (TPSA) is 505 Å². The van der Waals surface area contributed by atoms with Gasteiger partial charge in [0.25, 0.3) is 29.5 Å². The number of aryl methyl sites for hydroxylation is 2. The number of nitrogens with one attached hydrogen (secondary N) is 10. The first-order chi connectivity index (χ1) is 62.9. The number of H-pyrrole nitrogens is 5. The van der Waals surface area contributed by atoms with E-state index in [9.17, 15) is 24.0 Å². The third kappa shape index (κ3) is 20.1.